The van der Waals surface area contributed by atoms with E-state index in [0.29, 0.717) is 5.41 Å². The maximum atomic E-state index is 9.30. The van der Waals surface area contributed by atoms with Crippen molar-refractivity contribution in [2.45, 2.75) is 64.8 Å². The lowest BCUT2D eigenvalue weighted by atomic mass is 9.85. The molecule has 0 amide bonds. The van der Waals surface area contributed by atoms with Crippen LogP contribution in [0.25, 0.3) is 0 Å². The van der Waals surface area contributed by atoms with E-state index in [1.165, 1.54) is 32.4 Å². The van der Waals surface area contributed by atoms with Gasteiger partial charge >= 0.3 is 0 Å². The van der Waals surface area contributed by atoms with Crippen molar-refractivity contribution in [2.75, 3.05) is 26.7 Å². The fraction of sp³-hybridized carbons (Fsp3) is 0.938. The molecule has 1 rings (SSSR count). The summed E-state index contributed by atoms with van der Waals surface area (Å²) in [6, 6.07) is 2.45. The Bertz CT molecular complexity index is 300. The summed E-state index contributed by atoms with van der Waals surface area (Å²) in [7, 11) is 1.90. The molecule has 110 valence electrons. The van der Waals surface area contributed by atoms with E-state index in [1.807, 2.05) is 7.05 Å². The van der Waals surface area contributed by atoms with Crippen molar-refractivity contribution >= 4 is 0 Å². The van der Waals surface area contributed by atoms with Crippen molar-refractivity contribution in [3.05, 3.63) is 0 Å². The van der Waals surface area contributed by atoms with Gasteiger partial charge in [-0.25, -0.2) is 0 Å². The van der Waals surface area contributed by atoms with Crippen LogP contribution >= 0.6 is 0 Å². The van der Waals surface area contributed by atoms with Crippen LogP contribution in [0.4, 0.5) is 0 Å². The summed E-state index contributed by atoms with van der Waals surface area (Å²) in [6.07, 6.45) is 6.91. The number of likely N-dealkylation sites (tertiary alicyclic amines) is 1. The third-order valence-electron chi connectivity index (χ3n) is 4.81. The highest BCUT2D eigenvalue weighted by Crippen LogP contribution is 2.30. The van der Waals surface area contributed by atoms with E-state index in [2.05, 4.69) is 37.1 Å². The van der Waals surface area contributed by atoms with Gasteiger partial charge in [0.2, 0.25) is 0 Å². The Kier molecular flexibility index (Phi) is 6.29. The molecule has 0 aliphatic carbocycles. The van der Waals surface area contributed by atoms with Gasteiger partial charge in [0.25, 0.3) is 0 Å². The quantitative estimate of drug-likeness (QED) is 0.802. The van der Waals surface area contributed by atoms with Crippen LogP contribution in [0, 0.1) is 16.7 Å². The average Bonchev–Trinajstić information content (AvgIpc) is 2.57. The fourth-order valence-electron chi connectivity index (χ4n) is 2.98. The highest BCUT2D eigenvalue weighted by atomic mass is 15.1. The average molecular weight is 265 g/mol. The van der Waals surface area contributed by atoms with Gasteiger partial charge in [-0.15, -0.1) is 0 Å². The Hall–Kier alpha value is -0.590. The summed E-state index contributed by atoms with van der Waals surface area (Å²) in [6.45, 7) is 10.5. The van der Waals surface area contributed by atoms with Gasteiger partial charge in [0, 0.05) is 0 Å². The van der Waals surface area contributed by atoms with E-state index < -0.39 is 0 Å². The Balaban J connectivity index is 2.35. The molecule has 19 heavy (non-hydrogen) atoms. The van der Waals surface area contributed by atoms with E-state index in [1.54, 1.807) is 0 Å². The minimum Gasteiger partial charge on any atom is -0.303 e. The number of nitriles is 1. The van der Waals surface area contributed by atoms with Gasteiger partial charge in [-0.05, 0) is 70.6 Å². The predicted molar refractivity (Wildman–Crippen MR) is 81.0 cm³/mol. The normalized spacial score (nSPS) is 23.3. The largest absolute Gasteiger partial charge is 0.303 e. The Labute approximate surface area is 119 Å². The molecule has 1 unspecified atom stereocenters. The van der Waals surface area contributed by atoms with Gasteiger partial charge in [0.1, 0.15) is 5.54 Å². The lowest BCUT2D eigenvalue weighted by molar-refractivity contribution is 0.248. The van der Waals surface area contributed by atoms with Gasteiger partial charge in [0.05, 0.1) is 6.07 Å². The van der Waals surface area contributed by atoms with E-state index >= 15 is 0 Å². The molecule has 1 N–H and O–H groups in total. The number of rotatable bonds is 6. The second kappa shape index (κ2) is 7.26. The zero-order valence-electron chi connectivity index (χ0n) is 13.3. The van der Waals surface area contributed by atoms with Gasteiger partial charge < -0.3 is 10.2 Å². The summed E-state index contributed by atoms with van der Waals surface area (Å²) in [5.74, 6) is 0. The first kappa shape index (κ1) is 16.5. The molecule has 1 saturated heterocycles. The van der Waals surface area contributed by atoms with E-state index in [-0.39, 0.29) is 5.54 Å². The molecule has 1 fully saturated rings. The number of hydrogen-bond donors (Lipinski definition) is 1. The Morgan fingerprint density at radius 3 is 2.63 bits per heavy atom. The monoisotopic (exact) mass is 265 g/mol. The smallest absolute Gasteiger partial charge is 0.106 e. The molecule has 0 aromatic carbocycles. The van der Waals surface area contributed by atoms with Crippen LogP contribution in [0.5, 0.6) is 0 Å². The first-order valence-corrected chi connectivity index (χ1v) is 7.79. The molecular formula is C16H31N3. The first-order chi connectivity index (χ1) is 8.97. The lowest BCUT2D eigenvalue weighted by Gasteiger charge is -2.27. The molecule has 3 heteroatoms. The molecule has 0 aromatic heterocycles. The van der Waals surface area contributed by atoms with E-state index in [4.69, 9.17) is 0 Å². The van der Waals surface area contributed by atoms with E-state index in [9.17, 15) is 5.26 Å². The third kappa shape index (κ3) is 5.12. The molecule has 1 aliphatic heterocycles. The lowest BCUT2D eigenvalue weighted by Crippen LogP contribution is -2.41. The number of nitrogens with zero attached hydrogens (tertiary/aromatic N) is 2. The Morgan fingerprint density at radius 1 is 1.32 bits per heavy atom. The van der Waals surface area contributed by atoms with Crippen LogP contribution in [0.3, 0.4) is 0 Å². The third-order valence-corrected chi connectivity index (χ3v) is 4.81. The van der Waals surface area contributed by atoms with Gasteiger partial charge in [0.15, 0.2) is 0 Å². The van der Waals surface area contributed by atoms with Crippen LogP contribution in [0.1, 0.15) is 59.3 Å². The van der Waals surface area contributed by atoms with Crippen LogP contribution in [-0.4, -0.2) is 37.1 Å². The topological polar surface area (TPSA) is 39.1 Å². The van der Waals surface area contributed by atoms with Gasteiger partial charge in [-0.1, -0.05) is 20.8 Å². The minimum atomic E-state index is -0.314. The molecule has 0 bridgehead atoms. The molecule has 1 aliphatic rings. The van der Waals surface area contributed by atoms with Crippen molar-refractivity contribution in [3.63, 3.8) is 0 Å². The van der Waals surface area contributed by atoms with Gasteiger partial charge in [-0.2, -0.15) is 5.26 Å². The van der Waals surface area contributed by atoms with Crippen LogP contribution in [0.2, 0.25) is 0 Å². The predicted octanol–water partition coefficient (Wildman–Crippen LogP) is 3.17. The van der Waals surface area contributed by atoms with Crippen molar-refractivity contribution in [1.29, 1.82) is 5.26 Å². The second-order valence-corrected chi connectivity index (χ2v) is 6.76. The molecule has 1 heterocycles. The molecular weight excluding hydrogens is 234 g/mol. The first-order valence-electron chi connectivity index (χ1n) is 7.79. The van der Waals surface area contributed by atoms with Crippen molar-refractivity contribution in [3.8, 4) is 6.07 Å². The highest BCUT2D eigenvalue weighted by molar-refractivity contribution is 5.05. The maximum absolute atomic E-state index is 9.30. The zero-order chi connectivity index (χ0) is 14.4. The molecule has 0 radical (unpaired) electrons. The van der Waals surface area contributed by atoms with Crippen LogP contribution < -0.4 is 5.32 Å². The molecule has 0 aromatic rings. The summed E-state index contributed by atoms with van der Waals surface area (Å²) in [5, 5.41) is 12.5. The zero-order valence-corrected chi connectivity index (χ0v) is 13.3. The Morgan fingerprint density at radius 2 is 2.05 bits per heavy atom. The van der Waals surface area contributed by atoms with Crippen molar-refractivity contribution in [1.82, 2.24) is 10.2 Å². The summed E-state index contributed by atoms with van der Waals surface area (Å²) < 4.78 is 0. The second-order valence-electron chi connectivity index (χ2n) is 6.76. The van der Waals surface area contributed by atoms with Crippen molar-refractivity contribution in [2.24, 2.45) is 5.41 Å². The summed E-state index contributed by atoms with van der Waals surface area (Å²) in [4.78, 5) is 2.59. The van der Waals surface area contributed by atoms with Crippen LogP contribution in [0.15, 0.2) is 0 Å². The molecule has 0 spiro atoms. The van der Waals surface area contributed by atoms with Gasteiger partial charge in [-0.3, -0.25) is 0 Å². The molecule has 0 saturated carbocycles. The van der Waals surface area contributed by atoms with Crippen LogP contribution in [-0.2, 0) is 0 Å². The summed E-state index contributed by atoms with van der Waals surface area (Å²) in [5.41, 5.74) is 0.199. The maximum Gasteiger partial charge on any atom is 0.106 e. The standard InChI is InChI=1S/C16H31N3/c1-5-16(14-17,18-4)9-7-12-19-11-6-8-15(2,3)10-13-19/h18H,5-13H2,1-4H3. The number of hydrogen-bond acceptors (Lipinski definition) is 3. The molecule has 1 atom stereocenters. The number of nitrogens with one attached hydrogen (secondary N) is 1. The summed E-state index contributed by atoms with van der Waals surface area (Å²) >= 11 is 0. The van der Waals surface area contributed by atoms with E-state index in [0.717, 1.165) is 25.8 Å². The minimum absolute atomic E-state index is 0.314. The highest BCUT2D eigenvalue weighted by Gasteiger charge is 2.26. The molecule has 3 nitrogen and oxygen atoms in total. The fourth-order valence-corrected chi connectivity index (χ4v) is 2.98. The van der Waals surface area contributed by atoms with Crippen molar-refractivity contribution < 1.29 is 0 Å². The SMILES string of the molecule is CCC(C#N)(CCCN1CCCC(C)(C)CC1)NC.